The van der Waals surface area contributed by atoms with Gasteiger partial charge in [0.1, 0.15) is 6.26 Å². The second-order valence-corrected chi connectivity index (χ2v) is 3.70. The van der Waals surface area contributed by atoms with Crippen molar-refractivity contribution in [1.82, 2.24) is 9.97 Å². The Kier molecular flexibility index (Phi) is 2.31. The van der Waals surface area contributed by atoms with Crippen molar-refractivity contribution < 1.29 is 4.42 Å². The maximum absolute atomic E-state index is 5.38. The number of hydrogen-bond acceptors (Lipinski definition) is 3. The molecule has 0 aromatic carbocycles. The number of aryl methyl sites for hydroxylation is 4. The van der Waals surface area contributed by atoms with Gasteiger partial charge in [0.05, 0.1) is 17.0 Å². The monoisotopic (exact) mass is 201 g/mol. The number of nitrogens with zero attached hydrogens (tertiary/aromatic N) is 2. The van der Waals surface area contributed by atoms with Crippen LogP contribution in [0, 0.1) is 33.8 Å². The summed E-state index contributed by atoms with van der Waals surface area (Å²) in [7, 11) is 0. The van der Waals surface area contributed by atoms with Crippen LogP contribution < -0.4 is 0 Å². The third kappa shape index (κ3) is 1.77. The Labute approximate surface area is 89.2 Å². The van der Waals surface area contributed by atoms with Gasteiger partial charge in [-0.25, -0.2) is 4.98 Å². The van der Waals surface area contributed by atoms with Gasteiger partial charge in [-0.05, 0) is 33.3 Å². The zero-order chi connectivity index (χ0) is 11.0. The van der Waals surface area contributed by atoms with E-state index in [4.69, 9.17) is 4.42 Å². The molecule has 0 saturated heterocycles. The molecule has 77 valence electrons. The quantitative estimate of drug-likeness (QED) is 0.712. The zero-order valence-electron chi connectivity index (χ0n) is 9.38. The molecule has 0 amide bonds. The molecular weight excluding hydrogens is 188 g/mol. The summed E-state index contributed by atoms with van der Waals surface area (Å²) in [6, 6.07) is 3.18. The molecule has 0 bridgehead atoms. The summed E-state index contributed by atoms with van der Waals surface area (Å²) in [5.74, 6) is 0.631. The Morgan fingerprint density at radius 3 is 2.40 bits per heavy atom. The number of rotatable bonds is 1. The predicted octanol–water partition coefficient (Wildman–Crippen LogP) is 2.77. The Bertz CT molecular complexity index is 477. The summed E-state index contributed by atoms with van der Waals surface area (Å²) < 4.78 is 5.38. The number of pyridine rings is 1. The summed E-state index contributed by atoms with van der Waals surface area (Å²) in [6.45, 7) is 7.80. The van der Waals surface area contributed by atoms with Crippen LogP contribution in [0.4, 0.5) is 0 Å². The molecule has 0 atom stereocenters. The normalized spacial score (nSPS) is 10.7. The number of aromatic nitrogens is 2. The van der Waals surface area contributed by atoms with E-state index in [1.54, 1.807) is 6.26 Å². The Hall–Kier alpha value is -1.64. The standard InChI is InChI=1S/C12H13N2O/c1-7-5-8(2)13-10(4)11(7)12-14-9(3)6-15-12/h6H,1-4H3. The Morgan fingerprint density at radius 2 is 1.87 bits per heavy atom. The fourth-order valence-electron chi connectivity index (χ4n) is 1.72. The minimum Gasteiger partial charge on any atom is -0.444 e. The molecule has 15 heavy (non-hydrogen) atoms. The third-order valence-electron chi connectivity index (χ3n) is 2.27. The first-order valence-corrected chi connectivity index (χ1v) is 4.87. The summed E-state index contributed by atoms with van der Waals surface area (Å²) >= 11 is 0. The van der Waals surface area contributed by atoms with Crippen LogP contribution >= 0.6 is 0 Å². The molecule has 0 fully saturated rings. The van der Waals surface area contributed by atoms with E-state index in [2.05, 4.69) is 16.0 Å². The Balaban J connectivity index is 2.62. The second kappa shape index (κ2) is 3.50. The van der Waals surface area contributed by atoms with Gasteiger partial charge in [-0.3, -0.25) is 4.98 Å². The second-order valence-electron chi connectivity index (χ2n) is 3.70. The van der Waals surface area contributed by atoms with Gasteiger partial charge in [0.25, 0.3) is 0 Å². The summed E-state index contributed by atoms with van der Waals surface area (Å²) in [4.78, 5) is 8.67. The van der Waals surface area contributed by atoms with Crippen molar-refractivity contribution >= 4 is 0 Å². The SMILES string of the molecule is Cc1[c]c(C)c(-c2nc(C)co2)c(C)n1. The van der Waals surface area contributed by atoms with E-state index in [1.165, 1.54) is 0 Å². The van der Waals surface area contributed by atoms with E-state index in [-0.39, 0.29) is 0 Å². The number of hydrogen-bond donors (Lipinski definition) is 0. The first kappa shape index (κ1) is 9.90. The molecule has 0 N–H and O–H groups in total. The van der Waals surface area contributed by atoms with Gasteiger partial charge in [0, 0.05) is 11.8 Å². The molecule has 0 aliphatic rings. The van der Waals surface area contributed by atoms with Crippen molar-refractivity contribution in [2.24, 2.45) is 0 Å². The average Bonchev–Trinajstić information content (AvgIpc) is 2.49. The highest BCUT2D eigenvalue weighted by atomic mass is 16.3. The maximum Gasteiger partial charge on any atom is 0.228 e. The largest absolute Gasteiger partial charge is 0.444 e. The highest BCUT2D eigenvalue weighted by Gasteiger charge is 2.12. The van der Waals surface area contributed by atoms with Crippen LogP contribution in [0.5, 0.6) is 0 Å². The summed E-state index contributed by atoms with van der Waals surface area (Å²) in [5, 5.41) is 0. The lowest BCUT2D eigenvalue weighted by Gasteiger charge is -2.05. The first-order chi connectivity index (χ1) is 7.08. The van der Waals surface area contributed by atoms with Crippen LogP contribution in [-0.4, -0.2) is 9.97 Å². The molecule has 2 heterocycles. The minimum atomic E-state index is 0.631. The maximum atomic E-state index is 5.38. The van der Waals surface area contributed by atoms with Crippen molar-refractivity contribution in [1.29, 1.82) is 0 Å². The number of oxazole rings is 1. The summed E-state index contributed by atoms with van der Waals surface area (Å²) in [6.07, 6.45) is 1.65. The topological polar surface area (TPSA) is 38.9 Å². The van der Waals surface area contributed by atoms with Gasteiger partial charge in [0.2, 0.25) is 5.89 Å². The van der Waals surface area contributed by atoms with Crippen LogP contribution in [0.3, 0.4) is 0 Å². The van der Waals surface area contributed by atoms with Crippen molar-refractivity contribution in [3.63, 3.8) is 0 Å². The molecule has 0 aliphatic carbocycles. The average molecular weight is 201 g/mol. The lowest BCUT2D eigenvalue weighted by molar-refractivity contribution is 0.572. The predicted molar refractivity (Wildman–Crippen MR) is 57.5 cm³/mol. The highest BCUT2D eigenvalue weighted by molar-refractivity contribution is 5.61. The molecule has 3 nitrogen and oxygen atoms in total. The molecule has 0 aliphatic heterocycles. The molecule has 1 radical (unpaired) electrons. The van der Waals surface area contributed by atoms with Crippen molar-refractivity contribution in [3.8, 4) is 11.5 Å². The molecular formula is C12H13N2O. The first-order valence-electron chi connectivity index (χ1n) is 4.87. The molecule has 3 heteroatoms. The lowest BCUT2D eigenvalue weighted by Crippen LogP contribution is -1.95. The lowest BCUT2D eigenvalue weighted by atomic mass is 10.1. The fourth-order valence-corrected chi connectivity index (χ4v) is 1.72. The van der Waals surface area contributed by atoms with E-state index >= 15 is 0 Å². The van der Waals surface area contributed by atoms with Crippen LogP contribution in [0.2, 0.25) is 0 Å². The molecule has 2 rings (SSSR count). The third-order valence-corrected chi connectivity index (χ3v) is 2.27. The molecule has 0 saturated carbocycles. The molecule has 2 aromatic heterocycles. The van der Waals surface area contributed by atoms with Gasteiger partial charge in [0.15, 0.2) is 0 Å². The molecule has 0 spiro atoms. The molecule has 2 aromatic rings. The van der Waals surface area contributed by atoms with Gasteiger partial charge in [-0.2, -0.15) is 0 Å². The smallest absolute Gasteiger partial charge is 0.228 e. The van der Waals surface area contributed by atoms with Gasteiger partial charge in [-0.1, -0.05) is 0 Å². The van der Waals surface area contributed by atoms with Crippen molar-refractivity contribution in [2.45, 2.75) is 27.7 Å². The van der Waals surface area contributed by atoms with E-state index in [0.29, 0.717) is 5.89 Å². The van der Waals surface area contributed by atoms with Crippen molar-refractivity contribution in [2.75, 3.05) is 0 Å². The van der Waals surface area contributed by atoms with Crippen LogP contribution in [0.25, 0.3) is 11.5 Å². The van der Waals surface area contributed by atoms with E-state index < -0.39 is 0 Å². The minimum absolute atomic E-state index is 0.631. The van der Waals surface area contributed by atoms with E-state index in [1.807, 2.05) is 27.7 Å². The van der Waals surface area contributed by atoms with E-state index in [0.717, 1.165) is 28.2 Å². The van der Waals surface area contributed by atoms with E-state index in [9.17, 15) is 0 Å². The van der Waals surface area contributed by atoms with Crippen LogP contribution in [0.15, 0.2) is 10.7 Å². The Morgan fingerprint density at radius 1 is 1.13 bits per heavy atom. The van der Waals surface area contributed by atoms with Crippen LogP contribution in [-0.2, 0) is 0 Å². The fraction of sp³-hybridized carbons (Fsp3) is 0.333. The van der Waals surface area contributed by atoms with Gasteiger partial charge < -0.3 is 4.42 Å². The highest BCUT2D eigenvalue weighted by Crippen LogP contribution is 2.25. The zero-order valence-corrected chi connectivity index (χ0v) is 9.38. The molecule has 0 unspecified atom stereocenters. The van der Waals surface area contributed by atoms with Gasteiger partial charge >= 0.3 is 0 Å². The summed E-state index contributed by atoms with van der Waals surface area (Å²) in [5.41, 5.74) is 4.70. The van der Waals surface area contributed by atoms with Gasteiger partial charge in [-0.15, -0.1) is 0 Å². The van der Waals surface area contributed by atoms with Crippen LogP contribution in [0.1, 0.15) is 22.6 Å². The van der Waals surface area contributed by atoms with Crippen molar-refractivity contribution in [3.05, 3.63) is 35.0 Å².